The van der Waals surface area contributed by atoms with Gasteiger partial charge >= 0.3 is 0 Å². The molecule has 1 nitrogen and oxygen atoms in total. The van der Waals surface area contributed by atoms with Gasteiger partial charge in [-0.2, -0.15) is 0 Å². The molecule has 0 amide bonds. The zero-order chi connectivity index (χ0) is 5.98. The quantitative estimate of drug-likeness (QED) is 0.526. The van der Waals surface area contributed by atoms with Crippen LogP contribution in [0.5, 0.6) is 0 Å². The summed E-state index contributed by atoms with van der Waals surface area (Å²) in [5.41, 5.74) is 0. The van der Waals surface area contributed by atoms with Crippen LogP contribution in [-0.4, -0.2) is 4.98 Å². The Kier molecular flexibility index (Phi) is 1.07. The van der Waals surface area contributed by atoms with E-state index in [-0.39, 0.29) is 0 Å². The molecule has 1 aromatic heterocycles. The van der Waals surface area contributed by atoms with Crippen molar-refractivity contribution in [2.75, 3.05) is 0 Å². The average molecular weight is 159 g/mol. The predicted molar refractivity (Wildman–Crippen MR) is 31.9 cm³/mol. The second-order valence-electron chi connectivity index (χ2n) is 1.08. The molecule has 0 fully saturated rings. The molecule has 2 heteroatoms. The van der Waals surface area contributed by atoms with Crippen LogP contribution in [0.15, 0.2) is 29.0 Å². The van der Waals surface area contributed by atoms with Crippen LogP contribution in [-0.2, 0) is 0 Å². The summed E-state index contributed by atoms with van der Waals surface area (Å²) in [6, 6.07) is 3.75. The zero-order valence-electron chi connectivity index (χ0n) is 4.56. The second kappa shape index (κ2) is 2.07. The maximum Gasteiger partial charge on any atom is 0.106 e. The van der Waals surface area contributed by atoms with E-state index >= 15 is 0 Å². The third-order valence-corrected chi connectivity index (χ3v) is 1.00. The van der Waals surface area contributed by atoms with Gasteiger partial charge in [-0.25, -0.2) is 4.98 Å². The van der Waals surface area contributed by atoms with Crippen molar-refractivity contribution in [2.45, 2.75) is 0 Å². The van der Waals surface area contributed by atoms with Crippen molar-refractivity contribution >= 4 is 15.9 Å². The Balaban J connectivity index is 3.08. The van der Waals surface area contributed by atoms with Gasteiger partial charge in [-0.1, -0.05) is 6.04 Å². The standard InChI is InChI=1S/C5H4BrN/c6-5-3-1-2-4-7-5/h1-4H/i1D. The van der Waals surface area contributed by atoms with Crippen LogP contribution in [0.25, 0.3) is 0 Å². The third kappa shape index (κ3) is 1.27. The first-order valence-electron chi connectivity index (χ1n) is 2.37. The molecule has 1 aromatic rings. The second-order valence-corrected chi connectivity index (χ2v) is 1.89. The summed E-state index contributed by atoms with van der Waals surface area (Å²) < 4.78 is 7.78. The monoisotopic (exact) mass is 158 g/mol. The van der Waals surface area contributed by atoms with Crippen molar-refractivity contribution in [2.24, 2.45) is 0 Å². The molecule has 0 saturated carbocycles. The molecule has 0 atom stereocenters. The van der Waals surface area contributed by atoms with Gasteiger partial charge in [0.05, 0.1) is 1.37 Å². The highest BCUT2D eigenvalue weighted by Gasteiger charge is 1.75. The number of halogens is 1. The molecule has 0 aliphatic carbocycles. The van der Waals surface area contributed by atoms with E-state index in [9.17, 15) is 0 Å². The minimum absolute atomic E-state index is 0.479. The van der Waals surface area contributed by atoms with Crippen molar-refractivity contribution in [3.05, 3.63) is 29.0 Å². The van der Waals surface area contributed by atoms with Crippen LogP contribution in [0.3, 0.4) is 0 Å². The lowest BCUT2D eigenvalue weighted by Crippen LogP contribution is -1.66. The number of hydrogen-bond acceptors (Lipinski definition) is 1. The average Bonchev–Trinajstić information content (AvgIpc) is 1.64. The molecule has 0 unspecified atom stereocenters. The summed E-state index contributed by atoms with van der Waals surface area (Å²) in [5, 5.41) is 0. The fourth-order valence-electron chi connectivity index (χ4n) is 0.306. The minimum Gasteiger partial charge on any atom is -0.249 e. The van der Waals surface area contributed by atoms with Gasteiger partial charge in [-0.15, -0.1) is 0 Å². The number of pyridine rings is 1. The normalized spacial score (nSPS) is 10.7. The predicted octanol–water partition coefficient (Wildman–Crippen LogP) is 1.84. The fraction of sp³-hybridized carbons (Fsp3) is 0. The Hall–Kier alpha value is -0.370. The van der Waals surface area contributed by atoms with E-state index in [0.29, 0.717) is 10.6 Å². The number of rotatable bonds is 0. The summed E-state index contributed by atoms with van der Waals surface area (Å²) in [6.07, 6.45) is 1.59. The largest absolute Gasteiger partial charge is 0.249 e. The van der Waals surface area contributed by atoms with Gasteiger partial charge in [0, 0.05) is 6.20 Å². The molecular weight excluding hydrogens is 154 g/mol. The Morgan fingerprint density at radius 2 is 2.71 bits per heavy atom. The van der Waals surface area contributed by atoms with E-state index in [1.165, 1.54) is 0 Å². The first-order valence-corrected chi connectivity index (χ1v) is 2.66. The molecule has 0 aliphatic heterocycles. The Morgan fingerprint density at radius 1 is 1.86 bits per heavy atom. The number of nitrogens with zero attached hydrogens (tertiary/aromatic N) is 1. The van der Waals surface area contributed by atoms with E-state index in [1.54, 1.807) is 18.3 Å². The lowest BCUT2D eigenvalue weighted by molar-refractivity contribution is 1.28. The lowest BCUT2D eigenvalue weighted by atomic mass is 10.5. The number of aromatic nitrogens is 1. The van der Waals surface area contributed by atoms with E-state index < -0.39 is 0 Å². The topological polar surface area (TPSA) is 12.9 Å². The number of hydrogen-bond donors (Lipinski definition) is 0. The van der Waals surface area contributed by atoms with E-state index in [4.69, 9.17) is 1.37 Å². The minimum atomic E-state index is 0.479. The Morgan fingerprint density at radius 3 is 3.14 bits per heavy atom. The fourth-order valence-corrected chi connectivity index (χ4v) is 0.556. The maximum absolute atomic E-state index is 7.07. The molecule has 0 aliphatic rings. The smallest absolute Gasteiger partial charge is 0.106 e. The molecular formula is C5H4BrN. The first-order chi connectivity index (χ1) is 3.79. The molecule has 0 N–H and O–H groups in total. The zero-order valence-corrected chi connectivity index (χ0v) is 5.14. The highest BCUT2D eigenvalue weighted by Crippen LogP contribution is 2.00. The van der Waals surface area contributed by atoms with Gasteiger partial charge in [0.15, 0.2) is 0 Å². The molecule has 0 bridgehead atoms. The van der Waals surface area contributed by atoms with E-state index in [1.807, 2.05) is 0 Å². The molecule has 0 radical (unpaired) electrons. The van der Waals surface area contributed by atoms with Gasteiger partial charge in [0.25, 0.3) is 0 Å². The SMILES string of the molecule is [2H]c1ccnc(Br)c1. The van der Waals surface area contributed by atoms with Crippen molar-refractivity contribution in [3.63, 3.8) is 0 Å². The third-order valence-electron chi connectivity index (χ3n) is 0.571. The molecule has 0 spiro atoms. The highest BCUT2D eigenvalue weighted by atomic mass is 79.9. The van der Waals surface area contributed by atoms with Crippen LogP contribution in [0.1, 0.15) is 1.37 Å². The lowest BCUT2D eigenvalue weighted by Gasteiger charge is -1.80. The molecule has 1 rings (SSSR count). The van der Waals surface area contributed by atoms with E-state index in [0.717, 1.165) is 0 Å². The van der Waals surface area contributed by atoms with Crippen LogP contribution in [0.2, 0.25) is 0 Å². The van der Waals surface area contributed by atoms with Gasteiger partial charge in [-0.05, 0) is 28.1 Å². The molecule has 7 heavy (non-hydrogen) atoms. The van der Waals surface area contributed by atoms with E-state index in [2.05, 4.69) is 20.9 Å². The molecule has 0 saturated heterocycles. The van der Waals surface area contributed by atoms with Crippen LogP contribution >= 0.6 is 15.9 Å². The van der Waals surface area contributed by atoms with Gasteiger partial charge < -0.3 is 0 Å². The van der Waals surface area contributed by atoms with Gasteiger partial charge in [-0.3, -0.25) is 0 Å². The van der Waals surface area contributed by atoms with Gasteiger partial charge in [0.1, 0.15) is 4.60 Å². The molecule has 1 heterocycles. The summed E-state index contributed by atoms with van der Waals surface area (Å²) in [5.74, 6) is 0. The first kappa shape index (κ1) is 3.61. The molecule has 36 valence electrons. The highest BCUT2D eigenvalue weighted by molar-refractivity contribution is 9.10. The van der Waals surface area contributed by atoms with Crippen LogP contribution in [0.4, 0.5) is 0 Å². The van der Waals surface area contributed by atoms with Crippen molar-refractivity contribution in [1.29, 1.82) is 0 Å². The summed E-state index contributed by atoms with van der Waals surface area (Å²) in [4.78, 5) is 3.84. The van der Waals surface area contributed by atoms with Crippen LogP contribution in [0, 0.1) is 0 Å². The van der Waals surface area contributed by atoms with Gasteiger partial charge in [0.2, 0.25) is 0 Å². The summed E-state index contributed by atoms with van der Waals surface area (Å²) in [7, 11) is 0. The van der Waals surface area contributed by atoms with Crippen molar-refractivity contribution < 1.29 is 1.37 Å². The van der Waals surface area contributed by atoms with Crippen molar-refractivity contribution in [1.82, 2.24) is 4.98 Å². The summed E-state index contributed by atoms with van der Waals surface area (Å²) >= 11 is 3.13. The maximum atomic E-state index is 7.07. The van der Waals surface area contributed by atoms with Crippen molar-refractivity contribution in [3.8, 4) is 0 Å². The molecule has 0 aromatic carbocycles. The Bertz CT molecular complexity index is 172. The Labute approximate surface area is 51.9 Å². The van der Waals surface area contributed by atoms with Crippen LogP contribution < -0.4 is 0 Å². The summed E-state index contributed by atoms with van der Waals surface area (Å²) in [6.45, 7) is 0.